The van der Waals surface area contributed by atoms with Crippen molar-refractivity contribution in [3.05, 3.63) is 72.1 Å². The van der Waals surface area contributed by atoms with Gasteiger partial charge in [-0.15, -0.1) is 11.3 Å². The number of nitrogens with zero attached hydrogens (tertiary/aromatic N) is 2. The molecule has 1 atom stereocenters. The Kier molecular flexibility index (Phi) is 8.91. The van der Waals surface area contributed by atoms with Gasteiger partial charge in [0.25, 0.3) is 0 Å². The van der Waals surface area contributed by atoms with Crippen LogP contribution in [0.3, 0.4) is 0 Å². The van der Waals surface area contributed by atoms with Gasteiger partial charge in [-0.05, 0) is 65.6 Å². The molecule has 2 N–H and O–H groups in total. The molecule has 36 heavy (non-hydrogen) atoms. The molecule has 5 rings (SSSR count). The minimum absolute atomic E-state index is 0.0517. The van der Waals surface area contributed by atoms with Gasteiger partial charge in [0.1, 0.15) is 0 Å². The Hall–Kier alpha value is -2.41. The van der Waals surface area contributed by atoms with E-state index in [0.717, 1.165) is 41.1 Å². The zero-order valence-electron chi connectivity index (χ0n) is 20.3. The van der Waals surface area contributed by atoms with Crippen LogP contribution in [0.15, 0.2) is 60.9 Å². The molecule has 1 saturated carbocycles. The number of nitrogens with one attached hydrogen (secondary N) is 1. The number of fused-ring (bicyclic) bond motifs is 1. The summed E-state index contributed by atoms with van der Waals surface area (Å²) >= 11 is 1.81. The maximum atomic E-state index is 8.71. The van der Waals surface area contributed by atoms with Gasteiger partial charge < -0.3 is 19.9 Å². The van der Waals surface area contributed by atoms with Gasteiger partial charge in [0, 0.05) is 24.6 Å². The lowest BCUT2D eigenvalue weighted by Gasteiger charge is -2.12. The molecule has 0 bridgehead atoms. The molecule has 1 aliphatic rings. The first-order chi connectivity index (χ1) is 17.8. The van der Waals surface area contributed by atoms with Crippen molar-refractivity contribution in [1.29, 1.82) is 0 Å². The van der Waals surface area contributed by atoms with Crippen LogP contribution < -0.4 is 10.6 Å². The van der Waals surface area contributed by atoms with E-state index in [2.05, 4.69) is 58.8 Å². The summed E-state index contributed by atoms with van der Waals surface area (Å²) in [6.45, 7) is 2.94. The van der Waals surface area contributed by atoms with Gasteiger partial charge in [0.15, 0.2) is 0 Å². The van der Waals surface area contributed by atoms with Crippen molar-refractivity contribution in [2.45, 2.75) is 25.3 Å². The molecule has 1 aromatic carbocycles. The first-order valence-electron chi connectivity index (χ1n) is 12.5. The number of anilines is 1. The molecule has 0 radical (unpaired) electrons. The maximum Gasteiger partial charge on any atom is 0.0819 e. The van der Waals surface area contributed by atoms with Crippen LogP contribution in [0.5, 0.6) is 0 Å². The molecular formula is C28H32N3O3PS. The van der Waals surface area contributed by atoms with Crippen LogP contribution in [0, 0.1) is 0 Å². The van der Waals surface area contributed by atoms with E-state index in [9.17, 15) is 0 Å². The van der Waals surface area contributed by atoms with Crippen LogP contribution in [-0.4, -0.2) is 54.3 Å². The van der Waals surface area contributed by atoms with Crippen molar-refractivity contribution >= 4 is 41.1 Å². The number of aromatic nitrogens is 2. The Bertz CT molecular complexity index is 1260. The third kappa shape index (κ3) is 6.67. The van der Waals surface area contributed by atoms with Gasteiger partial charge in [-0.1, -0.05) is 32.8 Å². The predicted octanol–water partition coefficient (Wildman–Crippen LogP) is 5.18. The number of hydrogen-bond acceptors (Lipinski definition) is 7. The zero-order chi connectivity index (χ0) is 24.6. The molecule has 3 aromatic heterocycles. The summed E-state index contributed by atoms with van der Waals surface area (Å²) in [5, 5.41) is 13.6. The van der Waals surface area contributed by atoms with Crippen LogP contribution in [0.1, 0.15) is 29.9 Å². The van der Waals surface area contributed by atoms with Crippen molar-refractivity contribution in [3.8, 4) is 10.6 Å². The van der Waals surface area contributed by atoms with E-state index >= 15 is 0 Å². The second kappa shape index (κ2) is 12.7. The predicted molar refractivity (Wildman–Crippen MR) is 150 cm³/mol. The molecule has 1 fully saturated rings. The summed E-state index contributed by atoms with van der Waals surface area (Å²) in [4.78, 5) is 10.5. The van der Waals surface area contributed by atoms with E-state index in [1.54, 1.807) is 0 Å². The number of rotatable bonds is 14. The molecular weight excluding hydrogens is 489 g/mol. The third-order valence-corrected chi connectivity index (χ3v) is 8.58. The quantitative estimate of drug-likeness (QED) is 0.176. The highest BCUT2D eigenvalue weighted by Crippen LogP contribution is 2.45. The molecule has 6 nitrogen and oxygen atoms in total. The van der Waals surface area contributed by atoms with Gasteiger partial charge in [0.2, 0.25) is 0 Å². The van der Waals surface area contributed by atoms with Gasteiger partial charge >= 0.3 is 0 Å². The molecule has 188 valence electrons. The lowest BCUT2D eigenvalue weighted by molar-refractivity contribution is 0.0377. The van der Waals surface area contributed by atoms with Crippen molar-refractivity contribution < 1.29 is 14.6 Å². The summed E-state index contributed by atoms with van der Waals surface area (Å²) in [5.41, 5.74) is 5.86. The van der Waals surface area contributed by atoms with E-state index < -0.39 is 0 Å². The van der Waals surface area contributed by atoms with Gasteiger partial charge in [-0.25, -0.2) is 0 Å². The van der Waals surface area contributed by atoms with E-state index in [-0.39, 0.29) is 6.61 Å². The van der Waals surface area contributed by atoms with Crippen LogP contribution in [-0.2, 0) is 16.0 Å². The lowest BCUT2D eigenvalue weighted by atomic mass is 10.1. The molecule has 4 aromatic rings. The van der Waals surface area contributed by atoms with Gasteiger partial charge in [-0.2, -0.15) is 0 Å². The molecule has 0 aliphatic heterocycles. The minimum Gasteiger partial charge on any atom is -0.394 e. The number of aliphatic hydroxyl groups excluding tert-OH is 1. The lowest BCUT2D eigenvalue weighted by Crippen LogP contribution is -2.11. The Balaban J connectivity index is 1.14. The number of aliphatic hydroxyl groups is 1. The average Bonchev–Trinajstić information content (AvgIpc) is 3.67. The Morgan fingerprint density at radius 1 is 1.00 bits per heavy atom. The van der Waals surface area contributed by atoms with Crippen LogP contribution >= 0.6 is 19.9 Å². The summed E-state index contributed by atoms with van der Waals surface area (Å²) < 4.78 is 12.2. The van der Waals surface area contributed by atoms with Crippen molar-refractivity contribution in [1.82, 2.24) is 9.97 Å². The fourth-order valence-corrected chi connectivity index (χ4v) is 6.38. The summed E-state index contributed by atoms with van der Waals surface area (Å²) in [6, 6.07) is 17.1. The Morgan fingerprint density at radius 3 is 2.67 bits per heavy atom. The van der Waals surface area contributed by atoms with E-state index in [4.69, 9.17) is 19.6 Å². The van der Waals surface area contributed by atoms with E-state index in [1.165, 1.54) is 33.3 Å². The molecule has 1 aliphatic carbocycles. The van der Waals surface area contributed by atoms with E-state index in [0.29, 0.717) is 35.0 Å². The largest absolute Gasteiger partial charge is 0.394 e. The van der Waals surface area contributed by atoms with Crippen molar-refractivity contribution in [3.63, 3.8) is 0 Å². The molecule has 1 unspecified atom stereocenters. The standard InChI is InChI=1S/C28H32N3O3PS/c32-11-12-33-13-14-34-15-16-35-26-4-2-1-3-23(26)30-18-20-5-8-24(31-19-20)27-17-25-28(36-27)22(9-10-29-25)21-6-7-21/h1-5,8-10,17,19,21,30,32,35H,6-7,11-16,18H2. The van der Waals surface area contributed by atoms with Crippen LogP contribution in [0.2, 0.25) is 0 Å². The highest BCUT2D eigenvalue weighted by Gasteiger charge is 2.26. The summed E-state index contributed by atoms with van der Waals surface area (Å²) in [5.74, 6) is 0.719. The fourth-order valence-electron chi connectivity index (χ4n) is 4.11. The number of para-hydroxylation sites is 1. The number of ether oxygens (including phenoxy) is 2. The molecule has 0 saturated heterocycles. The minimum atomic E-state index is 0.0517. The number of hydrogen-bond donors (Lipinski definition) is 2. The van der Waals surface area contributed by atoms with Crippen LogP contribution in [0.4, 0.5) is 5.69 Å². The summed E-state index contributed by atoms with van der Waals surface area (Å²) in [6.07, 6.45) is 7.48. The number of benzene rings is 1. The monoisotopic (exact) mass is 521 g/mol. The van der Waals surface area contributed by atoms with Gasteiger partial charge in [0.05, 0.1) is 53.8 Å². The number of pyridine rings is 2. The smallest absolute Gasteiger partial charge is 0.0819 e. The zero-order valence-corrected chi connectivity index (χ0v) is 22.1. The van der Waals surface area contributed by atoms with Crippen molar-refractivity contribution in [2.75, 3.05) is 44.5 Å². The average molecular weight is 522 g/mol. The molecule has 0 spiro atoms. The topological polar surface area (TPSA) is 76.5 Å². The summed E-state index contributed by atoms with van der Waals surface area (Å²) in [7, 11) is 0.670. The van der Waals surface area contributed by atoms with E-state index in [1.807, 2.05) is 23.7 Å². The van der Waals surface area contributed by atoms with Crippen LogP contribution in [0.25, 0.3) is 20.8 Å². The Labute approximate surface area is 217 Å². The maximum absolute atomic E-state index is 8.71. The third-order valence-electron chi connectivity index (χ3n) is 6.12. The first kappa shape index (κ1) is 25.2. The fraction of sp³-hybridized carbons (Fsp3) is 0.357. The second-order valence-electron chi connectivity index (χ2n) is 8.83. The SMILES string of the molecule is OCCOCCOCCPc1ccccc1NCc1ccc(-c2cc3nccc(C4CC4)c3s2)nc1. The molecule has 8 heteroatoms. The number of thiophene rings is 1. The first-order valence-corrected chi connectivity index (χ1v) is 14.5. The van der Waals surface area contributed by atoms with Crippen molar-refractivity contribution in [2.24, 2.45) is 0 Å². The highest BCUT2D eigenvalue weighted by molar-refractivity contribution is 7.47. The second-order valence-corrected chi connectivity index (χ2v) is 11.3. The Morgan fingerprint density at radius 2 is 1.86 bits per heavy atom. The molecule has 3 heterocycles. The highest BCUT2D eigenvalue weighted by atomic mass is 32.1. The normalized spacial score (nSPS) is 13.7. The van der Waals surface area contributed by atoms with Gasteiger partial charge in [-0.3, -0.25) is 9.97 Å². The molecule has 0 amide bonds.